The van der Waals surface area contributed by atoms with Gasteiger partial charge in [-0.25, -0.2) is 4.98 Å². The minimum absolute atomic E-state index is 0.00824. The zero-order valence-electron chi connectivity index (χ0n) is 15.2. The highest BCUT2D eigenvalue weighted by atomic mass is 16.6. The summed E-state index contributed by atoms with van der Waals surface area (Å²) in [5.74, 6) is 0.137. The number of rotatable bonds is 5. The van der Waals surface area contributed by atoms with Crippen molar-refractivity contribution < 1.29 is 14.6 Å². The summed E-state index contributed by atoms with van der Waals surface area (Å²) in [4.78, 5) is 40.5. The summed E-state index contributed by atoms with van der Waals surface area (Å²) in [5.41, 5.74) is 2.73. The van der Waals surface area contributed by atoms with Crippen LogP contribution in [0.25, 0.3) is 22.4 Å². The fraction of sp³-hybridized carbons (Fsp3) is 0. The summed E-state index contributed by atoms with van der Waals surface area (Å²) in [6.45, 7) is 0. The molecule has 0 radical (unpaired) electrons. The number of fused-ring (bicyclic) bond motifs is 1. The smallest absolute Gasteiger partial charge is 0.269 e. The second-order valence-corrected chi connectivity index (χ2v) is 6.38. The third kappa shape index (κ3) is 3.69. The van der Waals surface area contributed by atoms with Crippen LogP contribution in [0.5, 0.6) is 0 Å². The van der Waals surface area contributed by atoms with E-state index in [9.17, 15) is 25.0 Å². The van der Waals surface area contributed by atoms with Gasteiger partial charge in [0, 0.05) is 41.1 Å². The van der Waals surface area contributed by atoms with Crippen LogP contribution in [0.2, 0.25) is 0 Å². The number of carbonyl (C=O) groups excluding carboxylic acids is 1. The molecule has 0 aliphatic heterocycles. The number of hydrogen-bond acceptors (Lipinski definition) is 6. The summed E-state index contributed by atoms with van der Waals surface area (Å²) in [6.07, 6.45) is 0. The van der Waals surface area contributed by atoms with Gasteiger partial charge in [-0.05, 0) is 42.5 Å². The minimum Gasteiger partial charge on any atom is -0.338 e. The number of aromatic amines is 1. The van der Waals surface area contributed by atoms with E-state index in [0.717, 1.165) is 0 Å². The first-order valence-corrected chi connectivity index (χ1v) is 8.71. The Kier molecular flexibility index (Phi) is 4.64. The molecule has 1 amide bonds. The van der Waals surface area contributed by atoms with Crippen molar-refractivity contribution in [2.75, 3.05) is 5.32 Å². The maximum absolute atomic E-state index is 12.4. The van der Waals surface area contributed by atoms with Crippen molar-refractivity contribution in [3.05, 3.63) is 92.5 Å². The van der Waals surface area contributed by atoms with E-state index in [0.29, 0.717) is 28.1 Å². The highest BCUT2D eigenvalue weighted by molar-refractivity contribution is 6.05. The van der Waals surface area contributed by atoms with Gasteiger partial charge >= 0.3 is 0 Å². The Morgan fingerprint density at radius 1 is 0.867 bits per heavy atom. The Labute approximate surface area is 168 Å². The minimum atomic E-state index is -0.531. The van der Waals surface area contributed by atoms with E-state index in [1.807, 2.05) is 0 Å². The molecular formula is C20H13N5O5. The predicted molar refractivity (Wildman–Crippen MR) is 109 cm³/mol. The molecule has 10 nitrogen and oxygen atoms in total. The number of anilines is 1. The van der Waals surface area contributed by atoms with E-state index >= 15 is 0 Å². The first kappa shape index (κ1) is 18.7. The molecule has 3 aromatic carbocycles. The Balaban J connectivity index is 1.55. The SMILES string of the molecule is O=C(Nc1ccc2nc(-c3ccc([N+](=O)[O-])cc3)[nH]c2c1)c1ccc([N+](=O)[O-])cc1. The zero-order valence-corrected chi connectivity index (χ0v) is 15.2. The van der Waals surface area contributed by atoms with Crippen molar-refractivity contribution in [1.29, 1.82) is 0 Å². The largest absolute Gasteiger partial charge is 0.338 e. The summed E-state index contributed by atoms with van der Waals surface area (Å²) >= 11 is 0. The second kappa shape index (κ2) is 7.43. The van der Waals surface area contributed by atoms with Crippen molar-refractivity contribution in [3.8, 4) is 11.4 Å². The van der Waals surface area contributed by atoms with E-state index in [1.54, 1.807) is 30.3 Å². The molecule has 0 fully saturated rings. The number of nitro groups is 2. The van der Waals surface area contributed by atoms with Gasteiger partial charge in [-0.2, -0.15) is 0 Å². The third-order valence-corrected chi connectivity index (χ3v) is 4.43. The topological polar surface area (TPSA) is 144 Å². The van der Waals surface area contributed by atoms with Gasteiger partial charge in [0.05, 0.1) is 20.9 Å². The van der Waals surface area contributed by atoms with Crippen molar-refractivity contribution in [2.45, 2.75) is 0 Å². The number of H-pyrrole nitrogens is 1. The molecule has 2 N–H and O–H groups in total. The second-order valence-electron chi connectivity index (χ2n) is 6.38. The number of imidazole rings is 1. The normalized spacial score (nSPS) is 10.7. The fourth-order valence-corrected chi connectivity index (χ4v) is 2.90. The van der Waals surface area contributed by atoms with Crippen LogP contribution in [0.15, 0.2) is 66.7 Å². The zero-order chi connectivity index (χ0) is 21.3. The van der Waals surface area contributed by atoms with Gasteiger partial charge < -0.3 is 10.3 Å². The van der Waals surface area contributed by atoms with Gasteiger partial charge in [-0.1, -0.05) is 0 Å². The number of benzene rings is 3. The quantitative estimate of drug-likeness (QED) is 0.375. The molecule has 0 spiro atoms. The molecule has 30 heavy (non-hydrogen) atoms. The molecule has 0 bridgehead atoms. The van der Waals surface area contributed by atoms with E-state index in [2.05, 4.69) is 15.3 Å². The van der Waals surface area contributed by atoms with Gasteiger partial charge in [0.1, 0.15) is 5.82 Å². The summed E-state index contributed by atoms with van der Waals surface area (Å²) < 4.78 is 0. The number of nitro benzene ring substituents is 2. The molecule has 0 unspecified atom stereocenters. The highest BCUT2D eigenvalue weighted by Gasteiger charge is 2.12. The molecule has 10 heteroatoms. The Morgan fingerprint density at radius 2 is 1.47 bits per heavy atom. The number of nitrogens with one attached hydrogen (secondary N) is 2. The number of nitrogens with zero attached hydrogens (tertiary/aromatic N) is 3. The van der Waals surface area contributed by atoms with E-state index in [-0.39, 0.29) is 16.9 Å². The number of hydrogen-bond donors (Lipinski definition) is 2. The molecule has 4 aromatic rings. The lowest BCUT2D eigenvalue weighted by atomic mass is 10.2. The number of carbonyl (C=O) groups is 1. The first-order valence-electron chi connectivity index (χ1n) is 8.71. The van der Waals surface area contributed by atoms with Gasteiger partial charge in [-0.15, -0.1) is 0 Å². The third-order valence-electron chi connectivity index (χ3n) is 4.43. The van der Waals surface area contributed by atoms with Crippen molar-refractivity contribution in [1.82, 2.24) is 9.97 Å². The lowest BCUT2D eigenvalue weighted by Crippen LogP contribution is -2.11. The Morgan fingerprint density at radius 3 is 2.07 bits per heavy atom. The molecule has 0 atom stereocenters. The van der Waals surface area contributed by atoms with E-state index in [1.165, 1.54) is 36.4 Å². The van der Waals surface area contributed by atoms with Crippen LogP contribution >= 0.6 is 0 Å². The predicted octanol–water partition coefficient (Wildman–Crippen LogP) is 4.30. The first-order chi connectivity index (χ1) is 14.4. The Bertz CT molecular complexity index is 1280. The molecule has 1 aromatic heterocycles. The molecule has 4 rings (SSSR count). The molecule has 0 saturated heterocycles. The van der Waals surface area contributed by atoms with Crippen LogP contribution in [-0.4, -0.2) is 25.7 Å². The van der Waals surface area contributed by atoms with Gasteiger partial charge in [0.2, 0.25) is 0 Å². The average molecular weight is 403 g/mol. The van der Waals surface area contributed by atoms with Gasteiger partial charge in [0.15, 0.2) is 0 Å². The lowest BCUT2D eigenvalue weighted by Gasteiger charge is -2.05. The monoisotopic (exact) mass is 403 g/mol. The van der Waals surface area contributed by atoms with Crippen LogP contribution in [0, 0.1) is 20.2 Å². The van der Waals surface area contributed by atoms with Crippen LogP contribution < -0.4 is 5.32 Å². The van der Waals surface area contributed by atoms with Crippen molar-refractivity contribution in [3.63, 3.8) is 0 Å². The summed E-state index contributed by atoms with van der Waals surface area (Å²) in [5, 5.41) is 24.2. The molecule has 0 aliphatic carbocycles. The average Bonchev–Trinajstić information content (AvgIpc) is 3.17. The van der Waals surface area contributed by atoms with E-state index < -0.39 is 15.8 Å². The molecule has 148 valence electrons. The summed E-state index contributed by atoms with van der Waals surface area (Å²) in [6, 6.07) is 16.4. The standard InChI is InChI=1S/C20H13N5O5/c26-20(13-3-8-16(9-4-13)25(29)30)21-14-5-10-17-18(11-14)23-19(22-17)12-1-6-15(7-2-12)24(27)28/h1-11H,(H,21,26)(H,22,23). The molecule has 0 aliphatic rings. The lowest BCUT2D eigenvalue weighted by molar-refractivity contribution is -0.385. The van der Waals surface area contributed by atoms with E-state index in [4.69, 9.17) is 0 Å². The van der Waals surface area contributed by atoms with Crippen LogP contribution in [0.3, 0.4) is 0 Å². The fourth-order valence-electron chi connectivity index (χ4n) is 2.90. The summed E-state index contributed by atoms with van der Waals surface area (Å²) in [7, 11) is 0. The van der Waals surface area contributed by atoms with Crippen LogP contribution in [0.4, 0.5) is 17.1 Å². The van der Waals surface area contributed by atoms with Crippen molar-refractivity contribution >= 4 is 34.0 Å². The van der Waals surface area contributed by atoms with Gasteiger partial charge in [0.25, 0.3) is 17.3 Å². The highest BCUT2D eigenvalue weighted by Crippen LogP contribution is 2.25. The number of aromatic nitrogens is 2. The molecule has 1 heterocycles. The Hall–Kier alpha value is -4.60. The number of non-ortho nitro benzene ring substituents is 2. The van der Waals surface area contributed by atoms with Crippen LogP contribution in [-0.2, 0) is 0 Å². The van der Waals surface area contributed by atoms with Crippen LogP contribution in [0.1, 0.15) is 10.4 Å². The maximum Gasteiger partial charge on any atom is 0.269 e. The number of amides is 1. The van der Waals surface area contributed by atoms with Crippen molar-refractivity contribution in [2.24, 2.45) is 0 Å². The molecular weight excluding hydrogens is 390 g/mol. The van der Waals surface area contributed by atoms with Gasteiger partial charge in [-0.3, -0.25) is 25.0 Å². The molecule has 0 saturated carbocycles. The maximum atomic E-state index is 12.4.